The molecule has 1 amide bonds. The minimum atomic E-state index is -4.45. The fourth-order valence-corrected chi connectivity index (χ4v) is 3.74. The number of aryl methyl sites for hydroxylation is 1. The van der Waals surface area contributed by atoms with Crippen molar-refractivity contribution >= 4 is 17.6 Å². The Kier molecular flexibility index (Phi) is 6.19. The van der Waals surface area contributed by atoms with E-state index in [4.69, 9.17) is 14.6 Å². The van der Waals surface area contributed by atoms with Gasteiger partial charge in [0.1, 0.15) is 18.1 Å². The minimum Gasteiger partial charge on any atom is -0.489 e. The van der Waals surface area contributed by atoms with E-state index < -0.39 is 24.3 Å². The van der Waals surface area contributed by atoms with E-state index in [0.29, 0.717) is 28.3 Å². The normalized spacial score (nSPS) is 13.1. The number of carboxylic acids is 1. The number of halogens is 3. The van der Waals surface area contributed by atoms with Crippen molar-refractivity contribution in [1.29, 1.82) is 0 Å². The van der Waals surface area contributed by atoms with Gasteiger partial charge in [0.05, 0.1) is 12.1 Å². The molecule has 34 heavy (non-hydrogen) atoms. The maximum atomic E-state index is 12.9. The zero-order valence-electron chi connectivity index (χ0n) is 18.1. The van der Waals surface area contributed by atoms with Crippen molar-refractivity contribution in [3.05, 3.63) is 88.5 Å². The number of fused-ring (bicyclic) bond motifs is 1. The highest BCUT2D eigenvalue weighted by atomic mass is 19.4. The Balaban J connectivity index is 1.48. The topological polar surface area (TPSA) is 76.1 Å². The summed E-state index contributed by atoms with van der Waals surface area (Å²) < 4.78 is 49.8. The number of hydrogen-bond donors (Lipinski definition) is 1. The zero-order chi connectivity index (χ0) is 24.5. The molecule has 0 fully saturated rings. The quantitative estimate of drug-likeness (QED) is 0.512. The third-order valence-electron chi connectivity index (χ3n) is 5.42. The molecule has 0 unspecified atom stereocenters. The molecule has 0 saturated carbocycles. The van der Waals surface area contributed by atoms with Crippen LogP contribution in [-0.2, 0) is 24.1 Å². The van der Waals surface area contributed by atoms with Crippen LogP contribution in [0.4, 0.5) is 18.9 Å². The van der Waals surface area contributed by atoms with E-state index >= 15 is 0 Å². The van der Waals surface area contributed by atoms with Crippen molar-refractivity contribution in [2.24, 2.45) is 0 Å². The molecule has 3 aromatic carbocycles. The first-order valence-corrected chi connectivity index (χ1v) is 10.3. The average Bonchev–Trinajstić information content (AvgIpc) is 3.13. The van der Waals surface area contributed by atoms with Crippen LogP contribution in [0.1, 0.15) is 32.6 Å². The fourth-order valence-electron chi connectivity index (χ4n) is 3.74. The van der Waals surface area contributed by atoms with Crippen molar-refractivity contribution in [2.45, 2.75) is 26.3 Å². The first-order chi connectivity index (χ1) is 16.1. The van der Waals surface area contributed by atoms with Crippen LogP contribution in [0, 0.1) is 6.92 Å². The van der Waals surface area contributed by atoms with Gasteiger partial charge in [0.2, 0.25) is 0 Å². The van der Waals surface area contributed by atoms with E-state index in [-0.39, 0.29) is 19.1 Å². The van der Waals surface area contributed by atoms with Crippen LogP contribution in [-0.4, -0.2) is 23.6 Å². The van der Waals surface area contributed by atoms with Crippen molar-refractivity contribution in [3.8, 4) is 11.5 Å². The van der Waals surface area contributed by atoms with Gasteiger partial charge < -0.3 is 19.5 Å². The van der Waals surface area contributed by atoms with Crippen LogP contribution in [0.3, 0.4) is 0 Å². The summed E-state index contributed by atoms with van der Waals surface area (Å²) in [5, 5.41) is 8.74. The van der Waals surface area contributed by atoms with Gasteiger partial charge in [0, 0.05) is 16.8 Å². The van der Waals surface area contributed by atoms with Gasteiger partial charge in [0.25, 0.3) is 5.91 Å². The molecule has 1 aliphatic rings. The lowest BCUT2D eigenvalue weighted by atomic mass is 10.1. The van der Waals surface area contributed by atoms with Crippen LogP contribution < -0.4 is 14.4 Å². The molecular formula is C25H20F3NO5. The van der Waals surface area contributed by atoms with Crippen molar-refractivity contribution < 1.29 is 37.3 Å². The van der Waals surface area contributed by atoms with Gasteiger partial charge in [-0.3, -0.25) is 4.79 Å². The smallest absolute Gasteiger partial charge is 0.416 e. The molecule has 3 aromatic rings. The van der Waals surface area contributed by atoms with Crippen molar-refractivity contribution in [1.82, 2.24) is 0 Å². The van der Waals surface area contributed by atoms with E-state index in [9.17, 15) is 22.8 Å². The molecular weight excluding hydrogens is 451 g/mol. The summed E-state index contributed by atoms with van der Waals surface area (Å²) >= 11 is 0. The standard InChI is InChI=1S/C25H20F3NO5/c1-15-11-16(5-10-21(15)34-14-23(30)31)13-33-22-4-2-3-19-20(22)12-29(24(19)32)18-8-6-17(7-9-18)25(26,27)28/h2-11H,12-14H2,1H3,(H,30,31). The molecule has 0 spiro atoms. The number of amides is 1. The second kappa shape index (κ2) is 9.09. The van der Waals surface area contributed by atoms with E-state index in [1.54, 1.807) is 37.3 Å². The SMILES string of the molecule is Cc1cc(COc2cccc3c2CN(c2ccc(C(F)(F)F)cc2)C3=O)ccc1OCC(=O)O. The molecule has 1 aliphatic heterocycles. The summed E-state index contributed by atoms with van der Waals surface area (Å²) in [6.45, 7) is 1.74. The predicted molar refractivity (Wildman–Crippen MR) is 117 cm³/mol. The highest BCUT2D eigenvalue weighted by Gasteiger charge is 2.33. The van der Waals surface area contributed by atoms with E-state index in [1.807, 2.05) is 6.07 Å². The first kappa shape index (κ1) is 23.2. The second-order valence-electron chi connectivity index (χ2n) is 7.79. The third-order valence-corrected chi connectivity index (χ3v) is 5.42. The Morgan fingerprint density at radius 3 is 2.41 bits per heavy atom. The van der Waals surface area contributed by atoms with Gasteiger partial charge in [-0.15, -0.1) is 0 Å². The molecule has 9 heteroatoms. The van der Waals surface area contributed by atoms with Crippen LogP contribution in [0.2, 0.25) is 0 Å². The Bertz CT molecular complexity index is 1240. The Morgan fingerprint density at radius 2 is 1.76 bits per heavy atom. The lowest BCUT2D eigenvalue weighted by Gasteiger charge is -2.17. The van der Waals surface area contributed by atoms with Gasteiger partial charge in [-0.2, -0.15) is 13.2 Å². The van der Waals surface area contributed by atoms with Crippen LogP contribution in [0.5, 0.6) is 11.5 Å². The zero-order valence-corrected chi connectivity index (χ0v) is 18.1. The molecule has 0 atom stereocenters. The monoisotopic (exact) mass is 471 g/mol. The van der Waals surface area contributed by atoms with E-state index in [1.165, 1.54) is 17.0 Å². The summed E-state index contributed by atoms with van der Waals surface area (Å²) in [6.07, 6.45) is -4.45. The van der Waals surface area contributed by atoms with Crippen LogP contribution in [0.15, 0.2) is 60.7 Å². The number of benzene rings is 3. The molecule has 0 radical (unpaired) electrons. The van der Waals surface area contributed by atoms with Gasteiger partial charge in [-0.25, -0.2) is 4.79 Å². The van der Waals surface area contributed by atoms with Gasteiger partial charge in [-0.05, 0) is 66.6 Å². The summed E-state index contributed by atoms with van der Waals surface area (Å²) in [5.41, 5.74) is 2.26. The number of nitrogens with zero attached hydrogens (tertiary/aromatic N) is 1. The largest absolute Gasteiger partial charge is 0.489 e. The number of carboxylic acid groups (broad SMARTS) is 1. The number of anilines is 1. The molecule has 1 N–H and O–H groups in total. The van der Waals surface area contributed by atoms with Crippen LogP contribution in [0.25, 0.3) is 0 Å². The van der Waals surface area contributed by atoms with E-state index in [0.717, 1.165) is 23.3 Å². The van der Waals surface area contributed by atoms with Gasteiger partial charge >= 0.3 is 12.1 Å². The Morgan fingerprint density at radius 1 is 1.03 bits per heavy atom. The molecule has 1 heterocycles. The highest BCUT2D eigenvalue weighted by Crippen LogP contribution is 2.36. The fraction of sp³-hybridized carbons (Fsp3) is 0.200. The Hall–Kier alpha value is -4.01. The lowest BCUT2D eigenvalue weighted by Crippen LogP contribution is -2.23. The lowest BCUT2D eigenvalue weighted by molar-refractivity contribution is -0.139. The molecule has 4 rings (SSSR count). The number of alkyl halides is 3. The van der Waals surface area contributed by atoms with Gasteiger partial charge in [-0.1, -0.05) is 12.1 Å². The maximum absolute atomic E-state index is 12.9. The molecule has 0 aromatic heterocycles. The predicted octanol–water partition coefficient (Wildman–Crippen LogP) is 5.22. The molecule has 176 valence electrons. The molecule has 0 bridgehead atoms. The van der Waals surface area contributed by atoms with Crippen molar-refractivity contribution in [2.75, 3.05) is 11.5 Å². The summed E-state index contributed by atoms with van der Waals surface area (Å²) in [7, 11) is 0. The van der Waals surface area contributed by atoms with E-state index in [2.05, 4.69) is 0 Å². The van der Waals surface area contributed by atoms with Gasteiger partial charge in [0.15, 0.2) is 6.61 Å². The minimum absolute atomic E-state index is 0.177. The highest BCUT2D eigenvalue weighted by molar-refractivity contribution is 6.10. The number of carbonyl (C=O) groups is 2. The Labute approximate surface area is 193 Å². The summed E-state index contributed by atoms with van der Waals surface area (Å²) in [5.74, 6) is -0.408. The number of ether oxygens (including phenoxy) is 2. The first-order valence-electron chi connectivity index (χ1n) is 10.3. The molecule has 0 aliphatic carbocycles. The van der Waals surface area contributed by atoms with Crippen LogP contribution >= 0.6 is 0 Å². The third kappa shape index (κ3) is 4.83. The maximum Gasteiger partial charge on any atom is 0.416 e. The number of hydrogen-bond acceptors (Lipinski definition) is 4. The molecule has 0 saturated heterocycles. The second-order valence-corrected chi connectivity index (χ2v) is 7.79. The summed E-state index contributed by atoms with van der Waals surface area (Å²) in [4.78, 5) is 25.0. The van der Waals surface area contributed by atoms with Crippen molar-refractivity contribution in [3.63, 3.8) is 0 Å². The molecule has 6 nitrogen and oxygen atoms in total. The average molecular weight is 471 g/mol. The summed E-state index contributed by atoms with van der Waals surface area (Å²) in [6, 6.07) is 14.8. The number of carbonyl (C=O) groups excluding carboxylic acids is 1. The number of rotatable bonds is 7. The number of aliphatic carboxylic acids is 1.